The Hall–Kier alpha value is -2.08. The van der Waals surface area contributed by atoms with Crippen LogP contribution in [0, 0.1) is 13.8 Å². The molecule has 0 radical (unpaired) electrons. The first-order valence-corrected chi connectivity index (χ1v) is 8.88. The molecular formula is C18H23N3O2S. The van der Waals surface area contributed by atoms with Gasteiger partial charge in [0.05, 0.1) is 18.9 Å². The number of carbonyl (C=O) groups excluding carboxylic acids is 1. The molecule has 1 N–H and O–H groups in total. The first-order chi connectivity index (χ1) is 11.5. The first-order valence-electron chi connectivity index (χ1n) is 7.90. The molecule has 1 unspecified atom stereocenters. The largest absolute Gasteiger partial charge is 0.497 e. The average molecular weight is 345 g/mol. The number of carbonyl (C=O) groups is 1. The number of benzene rings is 1. The number of methoxy groups -OCH3 is 1. The summed E-state index contributed by atoms with van der Waals surface area (Å²) in [5.74, 6) is 1.09. The number of hydrogen-bond acceptors (Lipinski definition) is 5. The van der Waals surface area contributed by atoms with E-state index in [0.29, 0.717) is 10.9 Å². The molecule has 128 valence electrons. The molecule has 1 amide bonds. The Kier molecular flexibility index (Phi) is 6.61. The van der Waals surface area contributed by atoms with Gasteiger partial charge in [-0.15, -0.1) is 0 Å². The number of rotatable bonds is 7. The van der Waals surface area contributed by atoms with Gasteiger partial charge in [-0.3, -0.25) is 4.79 Å². The SMILES string of the molecule is CCC(NC(=O)CSc1nc(C)cc(C)n1)c1ccc(OC)cc1. The van der Waals surface area contributed by atoms with Gasteiger partial charge in [0, 0.05) is 11.4 Å². The van der Waals surface area contributed by atoms with Crippen LogP contribution in [-0.4, -0.2) is 28.7 Å². The van der Waals surface area contributed by atoms with Gasteiger partial charge in [0.2, 0.25) is 5.91 Å². The Morgan fingerprint density at radius 3 is 2.38 bits per heavy atom. The van der Waals surface area contributed by atoms with Crippen LogP contribution < -0.4 is 10.1 Å². The van der Waals surface area contributed by atoms with E-state index in [2.05, 4.69) is 22.2 Å². The molecule has 0 spiro atoms. The minimum absolute atomic E-state index is 0.0100. The third-order valence-electron chi connectivity index (χ3n) is 3.56. The molecule has 5 nitrogen and oxygen atoms in total. The summed E-state index contributed by atoms with van der Waals surface area (Å²) in [5.41, 5.74) is 2.89. The van der Waals surface area contributed by atoms with Crippen LogP contribution >= 0.6 is 11.8 Å². The summed E-state index contributed by atoms with van der Waals surface area (Å²) in [4.78, 5) is 20.9. The van der Waals surface area contributed by atoms with Gasteiger partial charge in [0.1, 0.15) is 5.75 Å². The molecule has 0 aliphatic carbocycles. The van der Waals surface area contributed by atoms with E-state index in [0.717, 1.165) is 29.1 Å². The smallest absolute Gasteiger partial charge is 0.230 e. The van der Waals surface area contributed by atoms with Crippen molar-refractivity contribution in [3.8, 4) is 5.75 Å². The standard InChI is InChI=1S/C18H23N3O2S/c1-5-16(14-6-8-15(23-4)9-7-14)21-17(22)11-24-18-19-12(2)10-13(3)20-18/h6-10,16H,5,11H2,1-4H3,(H,21,22). The molecule has 0 saturated carbocycles. The maximum absolute atomic E-state index is 12.2. The van der Waals surface area contributed by atoms with E-state index in [1.165, 1.54) is 11.8 Å². The van der Waals surface area contributed by atoms with E-state index in [-0.39, 0.29) is 11.9 Å². The van der Waals surface area contributed by atoms with E-state index in [4.69, 9.17) is 4.74 Å². The Morgan fingerprint density at radius 1 is 1.21 bits per heavy atom. The van der Waals surface area contributed by atoms with Crippen molar-refractivity contribution in [3.63, 3.8) is 0 Å². The second kappa shape index (κ2) is 8.68. The summed E-state index contributed by atoms with van der Waals surface area (Å²) in [5, 5.41) is 3.70. The topological polar surface area (TPSA) is 64.1 Å². The Labute approximate surface area is 147 Å². The number of ether oxygens (including phenoxy) is 1. The van der Waals surface area contributed by atoms with Crippen molar-refractivity contribution in [2.45, 2.75) is 38.4 Å². The summed E-state index contributed by atoms with van der Waals surface area (Å²) in [7, 11) is 1.64. The molecule has 0 aliphatic rings. The van der Waals surface area contributed by atoms with Crippen molar-refractivity contribution >= 4 is 17.7 Å². The number of amides is 1. The number of hydrogen-bond donors (Lipinski definition) is 1. The van der Waals surface area contributed by atoms with Crippen LogP contribution in [0.3, 0.4) is 0 Å². The fraction of sp³-hybridized carbons (Fsp3) is 0.389. The van der Waals surface area contributed by atoms with Crippen LogP contribution in [0.5, 0.6) is 5.75 Å². The van der Waals surface area contributed by atoms with E-state index in [9.17, 15) is 4.79 Å². The summed E-state index contributed by atoms with van der Waals surface area (Å²) >= 11 is 1.36. The monoisotopic (exact) mass is 345 g/mol. The molecule has 6 heteroatoms. The normalized spacial score (nSPS) is 11.8. The Bertz CT molecular complexity index is 669. The highest BCUT2D eigenvalue weighted by Gasteiger charge is 2.14. The lowest BCUT2D eigenvalue weighted by atomic mass is 10.0. The molecule has 1 aromatic heterocycles. The molecule has 1 heterocycles. The summed E-state index contributed by atoms with van der Waals surface area (Å²) in [6.45, 7) is 5.90. The van der Waals surface area contributed by atoms with Gasteiger partial charge in [-0.2, -0.15) is 0 Å². The van der Waals surface area contributed by atoms with E-state index in [1.807, 2.05) is 44.2 Å². The number of aromatic nitrogens is 2. The highest BCUT2D eigenvalue weighted by atomic mass is 32.2. The molecule has 0 bridgehead atoms. The predicted octanol–water partition coefficient (Wildman–Crippen LogP) is 3.46. The summed E-state index contributed by atoms with van der Waals surface area (Å²) in [6.07, 6.45) is 0.822. The quantitative estimate of drug-likeness (QED) is 0.615. The zero-order chi connectivity index (χ0) is 17.5. The van der Waals surface area contributed by atoms with Crippen LogP contribution in [0.1, 0.15) is 36.3 Å². The second-order valence-electron chi connectivity index (χ2n) is 5.52. The maximum Gasteiger partial charge on any atom is 0.230 e. The maximum atomic E-state index is 12.2. The Balaban J connectivity index is 1.93. The van der Waals surface area contributed by atoms with Gasteiger partial charge in [0.25, 0.3) is 0 Å². The molecule has 2 aromatic rings. The number of thioether (sulfide) groups is 1. The van der Waals surface area contributed by atoms with E-state index < -0.39 is 0 Å². The zero-order valence-electron chi connectivity index (χ0n) is 14.5. The highest BCUT2D eigenvalue weighted by Crippen LogP contribution is 2.21. The number of nitrogens with one attached hydrogen (secondary N) is 1. The first kappa shape index (κ1) is 18.3. The van der Waals surface area contributed by atoms with Crippen molar-refractivity contribution < 1.29 is 9.53 Å². The summed E-state index contributed by atoms with van der Waals surface area (Å²) in [6, 6.07) is 9.68. The van der Waals surface area contributed by atoms with E-state index >= 15 is 0 Å². The third-order valence-corrected chi connectivity index (χ3v) is 4.40. The van der Waals surface area contributed by atoms with Gasteiger partial charge in [0.15, 0.2) is 5.16 Å². The fourth-order valence-electron chi connectivity index (χ4n) is 2.38. The lowest BCUT2D eigenvalue weighted by Crippen LogP contribution is -2.29. The average Bonchev–Trinajstić information content (AvgIpc) is 2.57. The molecule has 0 fully saturated rings. The zero-order valence-corrected chi connectivity index (χ0v) is 15.3. The van der Waals surface area contributed by atoms with Crippen LogP contribution in [-0.2, 0) is 4.79 Å². The predicted molar refractivity (Wildman–Crippen MR) is 96.4 cm³/mol. The third kappa shape index (κ3) is 5.23. The van der Waals surface area contributed by atoms with Crippen LogP contribution in [0.2, 0.25) is 0 Å². The van der Waals surface area contributed by atoms with Gasteiger partial charge in [-0.05, 0) is 44.0 Å². The minimum atomic E-state index is -0.0228. The molecule has 1 aromatic carbocycles. The minimum Gasteiger partial charge on any atom is -0.497 e. The lowest BCUT2D eigenvalue weighted by Gasteiger charge is -2.17. The van der Waals surface area contributed by atoms with Gasteiger partial charge in [-0.25, -0.2) is 9.97 Å². The fourth-order valence-corrected chi connectivity index (χ4v) is 3.14. The molecule has 1 atom stereocenters. The van der Waals surface area contributed by atoms with Crippen molar-refractivity contribution in [3.05, 3.63) is 47.3 Å². The molecule has 0 aliphatic heterocycles. The molecule has 0 saturated heterocycles. The van der Waals surface area contributed by atoms with Gasteiger partial charge >= 0.3 is 0 Å². The van der Waals surface area contributed by atoms with E-state index in [1.54, 1.807) is 7.11 Å². The van der Waals surface area contributed by atoms with Crippen molar-refractivity contribution in [1.82, 2.24) is 15.3 Å². The molecule has 24 heavy (non-hydrogen) atoms. The lowest BCUT2D eigenvalue weighted by molar-refractivity contribution is -0.119. The molecular weight excluding hydrogens is 322 g/mol. The van der Waals surface area contributed by atoms with Gasteiger partial charge in [-0.1, -0.05) is 30.8 Å². The summed E-state index contributed by atoms with van der Waals surface area (Å²) < 4.78 is 5.17. The van der Waals surface area contributed by atoms with Crippen LogP contribution in [0.25, 0.3) is 0 Å². The van der Waals surface area contributed by atoms with Gasteiger partial charge < -0.3 is 10.1 Å². The van der Waals surface area contributed by atoms with Crippen molar-refractivity contribution in [1.29, 1.82) is 0 Å². The molecule has 2 rings (SSSR count). The van der Waals surface area contributed by atoms with Crippen LogP contribution in [0.15, 0.2) is 35.5 Å². The number of nitrogens with zero attached hydrogens (tertiary/aromatic N) is 2. The van der Waals surface area contributed by atoms with Crippen molar-refractivity contribution in [2.24, 2.45) is 0 Å². The van der Waals surface area contributed by atoms with Crippen molar-refractivity contribution in [2.75, 3.05) is 12.9 Å². The van der Waals surface area contributed by atoms with Crippen LogP contribution in [0.4, 0.5) is 0 Å². The number of aryl methyl sites for hydroxylation is 2. The highest BCUT2D eigenvalue weighted by molar-refractivity contribution is 7.99. The Morgan fingerprint density at radius 2 is 1.83 bits per heavy atom. The second-order valence-corrected chi connectivity index (χ2v) is 6.47.